The number of nitro groups is 1. The van der Waals surface area contributed by atoms with Crippen LogP contribution in [0.2, 0.25) is 0 Å². The Morgan fingerprint density at radius 2 is 2.50 bits per heavy atom. The number of nitrogens with one attached hydrogen (secondary N) is 1. The van der Waals surface area contributed by atoms with Crippen LogP contribution in [0.3, 0.4) is 0 Å². The molecule has 16 heavy (non-hydrogen) atoms. The quantitative estimate of drug-likeness (QED) is 0.597. The van der Waals surface area contributed by atoms with Crippen LogP contribution in [0.15, 0.2) is 6.33 Å². The maximum absolute atomic E-state index is 10.4. The van der Waals surface area contributed by atoms with E-state index in [2.05, 4.69) is 25.0 Å². The van der Waals surface area contributed by atoms with Crippen molar-refractivity contribution in [2.24, 2.45) is 0 Å². The first-order valence-corrected chi connectivity index (χ1v) is 5.01. The summed E-state index contributed by atoms with van der Waals surface area (Å²) in [6.45, 7) is 0.299. The molecule has 0 saturated carbocycles. The highest BCUT2D eigenvalue weighted by Crippen LogP contribution is 2.17. The van der Waals surface area contributed by atoms with Gasteiger partial charge in [-0.2, -0.15) is 4.68 Å². The van der Waals surface area contributed by atoms with Crippen molar-refractivity contribution in [2.45, 2.75) is 6.54 Å². The summed E-state index contributed by atoms with van der Waals surface area (Å²) in [5, 5.41) is 21.7. The molecule has 0 fully saturated rings. The fourth-order valence-corrected chi connectivity index (χ4v) is 1.62. The maximum atomic E-state index is 10.4. The third kappa shape index (κ3) is 1.95. The molecule has 0 saturated heterocycles. The second-order valence-electron chi connectivity index (χ2n) is 2.80. The highest BCUT2D eigenvalue weighted by atomic mass is 32.1. The van der Waals surface area contributed by atoms with Crippen LogP contribution >= 0.6 is 11.5 Å². The molecule has 9 nitrogen and oxygen atoms in total. The van der Waals surface area contributed by atoms with Crippen molar-refractivity contribution in [1.29, 1.82) is 0 Å². The summed E-state index contributed by atoms with van der Waals surface area (Å²) in [6.07, 6.45) is 1.29. The third-order valence-corrected chi connectivity index (χ3v) is 2.57. The van der Waals surface area contributed by atoms with Crippen LogP contribution < -0.4 is 5.32 Å². The topological polar surface area (TPSA) is 112 Å². The van der Waals surface area contributed by atoms with E-state index in [-0.39, 0.29) is 0 Å². The molecule has 10 heteroatoms. The molecule has 0 radical (unpaired) electrons. The van der Waals surface area contributed by atoms with Gasteiger partial charge in [0.25, 0.3) is 0 Å². The summed E-state index contributed by atoms with van der Waals surface area (Å²) in [5.74, 6) is -0.422. The standard InChI is InChI=1S/C6H7N7O2S/c1-7-5-4(9-11-16-5)2-12-3-8-6(10-12)13(14)15/h3,7H,2H2,1H3. The maximum Gasteiger partial charge on any atom is 0.490 e. The lowest BCUT2D eigenvalue weighted by molar-refractivity contribution is -0.394. The molecule has 1 N–H and O–H groups in total. The van der Waals surface area contributed by atoms with Gasteiger partial charge in [-0.05, 0) is 4.92 Å². The van der Waals surface area contributed by atoms with E-state index in [0.717, 1.165) is 5.00 Å². The van der Waals surface area contributed by atoms with Gasteiger partial charge in [-0.1, -0.05) is 9.47 Å². The molecule has 2 aromatic heterocycles. The lowest BCUT2D eigenvalue weighted by Gasteiger charge is -1.96. The zero-order chi connectivity index (χ0) is 11.5. The minimum Gasteiger partial charge on any atom is -0.390 e. The zero-order valence-corrected chi connectivity index (χ0v) is 9.01. The smallest absolute Gasteiger partial charge is 0.390 e. The van der Waals surface area contributed by atoms with Gasteiger partial charge in [0.05, 0.1) is 0 Å². The van der Waals surface area contributed by atoms with Crippen LogP contribution in [-0.4, -0.2) is 36.3 Å². The summed E-state index contributed by atoms with van der Waals surface area (Å²) in [5.41, 5.74) is 0.673. The van der Waals surface area contributed by atoms with Crippen molar-refractivity contribution in [3.05, 3.63) is 22.1 Å². The molecule has 0 amide bonds. The lowest BCUT2D eigenvalue weighted by Crippen LogP contribution is -2.03. The van der Waals surface area contributed by atoms with Crippen LogP contribution in [-0.2, 0) is 6.54 Å². The summed E-state index contributed by atoms with van der Waals surface area (Å²) in [6, 6.07) is 0. The largest absolute Gasteiger partial charge is 0.490 e. The molecule has 0 aliphatic heterocycles. The first kappa shape index (κ1) is 10.4. The van der Waals surface area contributed by atoms with Gasteiger partial charge in [0, 0.05) is 23.7 Å². The van der Waals surface area contributed by atoms with Crippen LogP contribution in [0.4, 0.5) is 10.9 Å². The monoisotopic (exact) mass is 241 g/mol. The van der Waals surface area contributed by atoms with Crippen LogP contribution in [0, 0.1) is 10.1 Å². The van der Waals surface area contributed by atoms with Gasteiger partial charge in [0.2, 0.25) is 6.33 Å². The predicted molar refractivity (Wildman–Crippen MR) is 55.2 cm³/mol. The molecule has 0 aliphatic rings. The van der Waals surface area contributed by atoms with Gasteiger partial charge in [0.1, 0.15) is 17.2 Å². The molecule has 2 heterocycles. The summed E-state index contributed by atoms with van der Waals surface area (Å²) < 4.78 is 5.11. The summed E-state index contributed by atoms with van der Waals surface area (Å²) in [7, 11) is 1.75. The first-order valence-electron chi connectivity index (χ1n) is 4.23. The van der Waals surface area contributed by atoms with Crippen LogP contribution in [0.25, 0.3) is 0 Å². The van der Waals surface area contributed by atoms with Crippen LogP contribution in [0.1, 0.15) is 5.69 Å². The Bertz CT molecular complexity index is 506. The van der Waals surface area contributed by atoms with Crippen LogP contribution in [0.5, 0.6) is 0 Å². The van der Waals surface area contributed by atoms with E-state index in [1.165, 1.54) is 22.5 Å². The molecule has 0 aliphatic carbocycles. The number of hydrogen-bond acceptors (Lipinski definition) is 8. The highest BCUT2D eigenvalue weighted by Gasteiger charge is 2.15. The third-order valence-electron chi connectivity index (χ3n) is 1.78. The number of nitrogens with zero attached hydrogens (tertiary/aromatic N) is 6. The Labute approximate surface area is 93.4 Å². The van der Waals surface area contributed by atoms with Crippen molar-refractivity contribution < 1.29 is 4.92 Å². The number of hydrogen-bond donors (Lipinski definition) is 1. The second-order valence-corrected chi connectivity index (χ2v) is 3.55. The summed E-state index contributed by atoms with van der Waals surface area (Å²) in [4.78, 5) is 13.3. The van der Waals surface area contributed by atoms with E-state index in [1.54, 1.807) is 7.05 Å². The van der Waals surface area contributed by atoms with E-state index in [4.69, 9.17) is 0 Å². The number of rotatable bonds is 4. The minimum absolute atomic E-state index is 0.299. The van der Waals surface area contributed by atoms with Crippen molar-refractivity contribution in [2.75, 3.05) is 12.4 Å². The Kier molecular flexibility index (Phi) is 2.72. The second kappa shape index (κ2) is 4.18. The average Bonchev–Trinajstić information content (AvgIpc) is 2.87. The molecule has 0 aromatic carbocycles. The van der Waals surface area contributed by atoms with Crippen molar-refractivity contribution >= 4 is 22.5 Å². The highest BCUT2D eigenvalue weighted by molar-refractivity contribution is 7.10. The Morgan fingerprint density at radius 3 is 3.12 bits per heavy atom. The van der Waals surface area contributed by atoms with Crippen molar-refractivity contribution in [3.8, 4) is 0 Å². The van der Waals surface area contributed by atoms with Gasteiger partial charge in [-0.3, -0.25) is 0 Å². The van der Waals surface area contributed by atoms with E-state index < -0.39 is 10.9 Å². The minimum atomic E-state index is -0.644. The molecule has 0 unspecified atom stereocenters. The van der Waals surface area contributed by atoms with Gasteiger partial charge in [-0.25, -0.2) is 0 Å². The predicted octanol–water partition coefficient (Wildman–Crippen LogP) is 0.128. The Hall–Kier alpha value is -2.10. The number of anilines is 1. The molecular weight excluding hydrogens is 234 g/mol. The van der Waals surface area contributed by atoms with Crippen molar-refractivity contribution in [1.82, 2.24) is 24.4 Å². The Morgan fingerprint density at radius 1 is 1.69 bits per heavy atom. The molecule has 2 aromatic rings. The van der Waals surface area contributed by atoms with E-state index in [0.29, 0.717) is 12.2 Å². The number of aromatic nitrogens is 5. The van der Waals surface area contributed by atoms with E-state index in [1.807, 2.05) is 0 Å². The van der Waals surface area contributed by atoms with E-state index >= 15 is 0 Å². The van der Waals surface area contributed by atoms with Gasteiger partial charge < -0.3 is 15.4 Å². The normalized spacial score (nSPS) is 10.3. The molecule has 0 spiro atoms. The average molecular weight is 241 g/mol. The lowest BCUT2D eigenvalue weighted by atomic mass is 10.4. The SMILES string of the molecule is CNc1snnc1Cn1cnc([N+](=O)[O-])n1. The molecular formula is C6H7N7O2S. The molecule has 2 rings (SSSR count). The first-order chi connectivity index (χ1) is 7.70. The molecule has 0 atom stereocenters. The van der Waals surface area contributed by atoms with Crippen molar-refractivity contribution in [3.63, 3.8) is 0 Å². The molecule has 0 bridgehead atoms. The van der Waals surface area contributed by atoms with Gasteiger partial charge in [-0.15, -0.1) is 5.10 Å². The zero-order valence-electron chi connectivity index (χ0n) is 8.19. The fourth-order valence-electron chi connectivity index (χ4n) is 1.10. The fraction of sp³-hybridized carbons (Fsp3) is 0.333. The van der Waals surface area contributed by atoms with Gasteiger partial charge in [0.15, 0.2) is 0 Å². The summed E-state index contributed by atoms with van der Waals surface area (Å²) >= 11 is 1.21. The Balaban J connectivity index is 2.17. The van der Waals surface area contributed by atoms with E-state index in [9.17, 15) is 10.1 Å². The molecule has 84 valence electrons. The van der Waals surface area contributed by atoms with Gasteiger partial charge >= 0.3 is 5.95 Å².